The number of likely N-dealkylation sites (tertiary alicyclic amines) is 1. The molecule has 3 aliphatic rings. The summed E-state index contributed by atoms with van der Waals surface area (Å²) in [5, 5.41) is 17.6. The molecule has 3 rings (SSSR count). The molecule has 3 fully saturated rings. The smallest absolute Gasteiger partial charge is 0.407 e. The Morgan fingerprint density at radius 3 is 2.42 bits per heavy atom. The third-order valence-electron chi connectivity index (χ3n) is 7.93. The number of aliphatic hydroxyl groups is 1. The molecule has 40 heavy (non-hydrogen) atoms. The fourth-order valence-corrected chi connectivity index (χ4v) is 6.39. The maximum absolute atomic E-state index is 13.1. The molecule has 0 aromatic carbocycles. The summed E-state index contributed by atoms with van der Waals surface area (Å²) in [4.78, 5) is 52.0. The fraction of sp³-hybridized carbons (Fsp3) is 0.846. The molecule has 1 saturated carbocycles. The molecular weight excluding hydrogens is 544 g/mol. The quantitative estimate of drug-likeness (QED) is 0.221. The lowest BCUT2D eigenvalue weighted by molar-refractivity contribution is -0.128. The molecule has 0 spiro atoms. The maximum Gasteiger partial charge on any atom is 0.407 e. The lowest BCUT2D eigenvalue weighted by atomic mass is 9.89. The van der Waals surface area contributed by atoms with Crippen molar-refractivity contribution >= 4 is 33.9 Å². The highest BCUT2D eigenvalue weighted by Gasteiger charge is 2.36. The van der Waals surface area contributed by atoms with Gasteiger partial charge in [0, 0.05) is 37.9 Å². The van der Waals surface area contributed by atoms with Gasteiger partial charge in [0.15, 0.2) is 5.44 Å². The van der Waals surface area contributed by atoms with Crippen LogP contribution in [0.2, 0.25) is 0 Å². The Morgan fingerprint density at radius 1 is 1.12 bits per heavy atom. The van der Waals surface area contributed by atoms with Gasteiger partial charge in [0.1, 0.15) is 16.2 Å². The van der Waals surface area contributed by atoms with Crippen LogP contribution in [0.4, 0.5) is 4.79 Å². The van der Waals surface area contributed by atoms with Crippen LogP contribution in [0.25, 0.3) is 0 Å². The van der Waals surface area contributed by atoms with E-state index in [4.69, 9.17) is 4.74 Å². The number of carbonyl (C=O) groups is 4. The van der Waals surface area contributed by atoms with Crippen molar-refractivity contribution in [3.63, 3.8) is 0 Å². The number of amides is 4. The third kappa shape index (κ3) is 9.58. The summed E-state index contributed by atoms with van der Waals surface area (Å²) in [7, 11) is -5.20. The Kier molecular flexibility index (Phi) is 11.6. The highest BCUT2D eigenvalue weighted by atomic mass is 32.2. The van der Waals surface area contributed by atoms with E-state index in [1.54, 1.807) is 0 Å². The van der Waals surface area contributed by atoms with Gasteiger partial charge in [-0.15, -0.1) is 0 Å². The Morgan fingerprint density at radius 2 is 1.82 bits per heavy atom. The van der Waals surface area contributed by atoms with E-state index in [0.717, 1.165) is 19.4 Å². The fourth-order valence-electron chi connectivity index (χ4n) is 5.81. The van der Waals surface area contributed by atoms with Crippen molar-refractivity contribution < 1.29 is 42.0 Å². The van der Waals surface area contributed by atoms with Crippen LogP contribution in [-0.2, 0) is 29.2 Å². The number of nitrogens with zero attached hydrogens (tertiary/aromatic N) is 1. The number of hydrogen-bond donors (Lipinski definition) is 4. The summed E-state index contributed by atoms with van der Waals surface area (Å²) in [5.41, 5.74) is -2.46. The third-order valence-corrected chi connectivity index (χ3v) is 8.85. The molecular formula is C26H43N4O9S-. The van der Waals surface area contributed by atoms with Gasteiger partial charge in [-0.25, -0.2) is 13.2 Å². The van der Waals surface area contributed by atoms with E-state index in [2.05, 4.69) is 16.0 Å². The molecule has 4 amide bonds. The number of aliphatic hydroxyl groups excluding tert-OH is 1. The molecule has 0 aromatic rings. The monoisotopic (exact) mass is 587 g/mol. The van der Waals surface area contributed by atoms with Crippen LogP contribution in [0.15, 0.2) is 0 Å². The van der Waals surface area contributed by atoms with Gasteiger partial charge in [-0.05, 0) is 43.9 Å². The van der Waals surface area contributed by atoms with Gasteiger partial charge < -0.3 is 35.2 Å². The number of alkyl carbamates (subject to hydrolysis) is 1. The van der Waals surface area contributed by atoms with Crippen LogP contribution in [0.5, 0.6) is 0 Å². The molecule has 2 unspecified atom stereocenters. The SMILES string of the molecule is CC(C)C[C@H](NC(=O)OCC1CC(=O)N(CC2CCCCC2)C1)C(=O)N[C@@H](C[C@@H]1CCNC1=O)C(O)S(=O)(=O)[O-]. The average Bonchev–Trinajstić information content (AvgIpc) is 3.45. The van der Waals surface area contributed by atoms with Crippen molar-refractivity contribution in [3.8, 4) is 0 Å². The Hall–Kier alpha value is -2.45. The molecule has 5 atom stereocenters. The van der Waals surface area contributed by atoms with Crippen LogP contribution in [0.3, 0.4) is 0 Å². The summed E-state index contributed by atoms with van der Waals surface area (Å²) in [6.07, 6.45) is 5.54. The first-order valence-electron chi connectivity index (χ1n) is 14.2. The van der Waals surface area contributed by atoms with Crippen molar-refractivity contribution in [2.75, 3.05) is 26.2 Å². The highest BCUT2D eigenvalue weighted by Crippen LogP contribution is 2.27. The van der Waals surface area contributed by atoms with Crippen LogP contribution in [0, 0.1) is 23.7 Å². The molecule has 228 valence electrons. The Labute approximate surface area is 235 Å². The van der Waals surface area contributed by atoms with Gasteiger partial charge >= 0.3 is 6.09 Å². The van der Waals surface area contributed by atoms with E-state index in [9.17, 15) is 37.3 Å². The van der Waals surface area contributed by atoms with Gasteiger partial charge in [0.05, 0.1) is 12.6 Å². The summed E-state index contributed by atoms with van der Waals surface area (Å²) in [6, 6.07) is -2.70. The van der Waals surface area contributed by atoms with Crippen LogP contribution < -0.4 is 16.0 Å². The van der Waals surface area contributed by atoms with E-state index in [0.29, 0.717) is 25.4 Å². The predicted octanol–water partition coefficient (Wildman–Crippen LogP) is 0.431. The average molecular weight is 588 g/mol. The molecule has 4 N–H and O–H groups in total. The number of hydrogen-bond acceptors (Lipinski definition) is 9. The molecule has 13 nitrogen and oxygen atoms in total. The molecule has 1 aliphatic carbocycles. The zero-order valence-electron chi connectivity index (χ0n) is 23.3. The van der Waals surface area contributed by atoms with Crippen molar-refractivity contribution in [2.45, 2.75) is 89.2 Å². The minimum absolute atomic E-state index is 0.00130. The second kappa shape index (κ2) is 14.4. The molecule has 0 bridgehead atoms. The maximum atomic E-state index is 13.1. The van der Waals surface area contributed by atoms with Crippen LogP contribution >= 0.6 is 0 Å². The lowest BCUT2D eigenvalue weighted by Crippen LogP contribution is -2.55. The van der Waals surface area contributed by atoms with Crippen molar-refractivity contribution in [1.82, 2.24) is 20.9 Å². The summed E-state index contributed by atoms with van der Waals surface area (Å²) < 4.78 is 39.9. The normalized spacial score (nSPS) is 24.5. The number of carbonyl (C=O) groups excluding carboxylic acids is 4. The van der Waals surface area contributed by atoms with Crippen LogP contribution in [-0.4, -0.2) is 90.6 Å². The van der Waals surface area contributed by atoms with E-state index in [1.165, 1.54) is 19.3 Å². The van der Waals surface area contributed by atoms with Crippen molar-refractivity contribution in [3.05, 3.63) is 0 Å². The standard InChI is InChI=1S/C26H44N4O9S/c1-16(2)10-20(24(33)28-21(25(34)40(36,37)38)12-19-8-9-27-23(19)32)29-26(35)39-15-18-11-22(31)30(14-18)13-17-6-4-3-5-7-17/h16-21,25,34H,3-15H2,1-2H3,(H,27,32)(H,28,33)(H,29,35)(H,36,37,38)/p-1/t18?,19-,20-,21-,25?/m0/s1. The van der Waals surface area contributed by atoms with Crippen LogP contribution in [0.1, 0.15) is 71.6 Å². The second-order valence-electron chi connectivity index (χ2n) is 11.8. The zero-order valence-corrected chi connectivity index (χ0v) is 24.1. The minimum atomic E-state index is -5.20. The number of nitrogens with one attached hydrogen (secondary N) is 3. The Bertz CT molecular complexity index is 1020. The molecule has 0 aromatic heterocycles. The summed E-state index contributed by atoms with van der Waals surface area (Å²) >= 11 is 0. The molecule has 2 heterocycles. The van der Waals surface area contributed by atoms with Gasteiger partial charge in [-0.1, -0.05) is 33.1 Å². The lowest BCUT2D eigenvalue weighted by Gasteiger charge is -2.29. The van der Waals surface area contributed by atoms with E-state index in [1.807, 2.05) is 18.7 Å². The molecule has 2 aliphatic heterocycles. The Balaban J connectivity index is 1.55. The first-order chi connectivity index (χ1) is 18.8. The van der Waals surface area contributed by atoms with E-state index < -0.39 is 45.6 Å². The second-order valence-corrected chi connectivity index (χ2v) is 13.3. The minimum Gasteiger partial charge on any atom is -0.746 e. The number of ether oxygens (including phenoxy) is 1. The largest absolute Gasteiger partial charge is 0.746 e. The van der Waals surface area contributed by atoms with E-state index >= 15 is 0 Å². The van der Waals surface area contributed by atoms with Crippen molar-refractivity contribution in [2.24, 2.45) is 23.7 Å². The van der Waals surface area contributed by atoms with Crippen molar-refractivity contribution in [1.29, 1.82) is 0 Å². The predicted molar refractivity (Wildman–Crippen MR) is 142 cm³/mol. The van der Waals surface area contributed by atoms with Gasteiger partial charge in [0.2, 0.25) is 17.7 Å². The van der Waals surface area contributed by atoms with Gasteiger partial charge in [-0.3, -0.25) is 14.4 Å². The summed E-state index contributed by atoms with van der Waals surface area (Å²) in [5.74, 6) is -1.52. The topological polar surface area (TPSA) is 194 Å². The molecule has 2 saturated heterocycles. The number of rotatable bonds is 13. The van der Waals surface area contributed by atoms with E-state index in [-0.39, 0.29) is 49.5 Å². The van der Waals surface area contributed by atoms with Gasteiger partial charge in [0.25, 0.3) is 0 Å². The zero-order chi connectivity index (χ0) is 29.4. The first-order valence-corrected chi connectivity index (χ1v) is 15.7. The van der Waals surface area contributed by atoms with Gasteiger partial charge in [-0.2, -0.15) is 0 Å². The molecule has 0 radical (unpaired) electrons. The summed E-state index contributed by atoms with van der Waals surface area (Å²) in [6.45, 7) is 5.23. The first kappa shape index (κ1) is 32.1. The highest BCUT2D eigenvalue weighted by molar-refractivity contribution is 7.86. The molecule has 14 heteroatoms.